The standard InChI is InChI=1S/C21H22F3N3O4/c1-12(14-5-6-18(25-10-14)31-11-21(22,23)24)26-20(29)15-7-16(27-19(8-15)30-2)9-17(28)13-3-4-13/h5-8,10,12-13H,3-4,9,11H2,1-2H3,(H,26,29). The highest BCUT2D eigenvalue weighted by molar-refractivity contribution is 5.95. The minimum atomic E-state index is -4.45. The number of nitrogens with one attached hydrogen (secondary N) is 1. The maximum atomic E-state index is 12.7. The lowest BCUT2D eigenvalue weighted by Crippen LogP contribution is -2.27. The number of ketones is 1. The van der Waals surface area contributed by atoms with Crippen molar-refractivity contribution in [1.29, 1.82) is 0 Å². The molecule has 31 heavy (non-hydrogen) atoms. The molecule has 3 rings (SSSR count). The number of hydrogen-bond donors (Lipinski definition) is 1. The normalized spacial score (nSPS) is 14.6. The summed E-state index contributed by atoms with van der Waals surface area (Å²) in [6.45, 7) is 0.280. The summed E-state index contributed by atoms with van der Waals surface area (Å²) in [6.07, 6.45) is -1.19. The number of methoxy groups -OCH3 is 1. The molecule has 2 aromatic heterocycles. The number of carbonyl (C=O) groups is 2. The van der Waals surface area contributed by atoms with E-state index in [1.165, 1.54) is 31.5 Å². The Balaban J connectivity index is 1.65. The second-order valence-electron chi connectivity index (χ2n) is 7.34. The molecule has 2 heterocycles. The zero-order valence-electron chi connectivity index (χ0n) is 17.0. The molecule has 1 aliphatic rings. The predicted molar refractivity (Wildman–Crippen MR) is 104 cm³/mol. The van der Waals surface area contributed by atoms with E-state index in [-0.39, 0.29) is 35.4 Å². The Kier molecular flexibility index (Phi) is 6.77. The van der Waals surface area contributed by atoms with E-state index >= 15 is 0 Å². The SMILES string of the molecule is COc1cc(C(=O)NC(C)c2ccc(OCC(F)(F)F)nc2)cc(CC(=O)C2CC2)n1. The third kappa shape index (κ3) is 6.66. The first kappa shape index (κ1) is 22.5. The van der Waals surface area contributed by atoms with Gasteiger partial charge in [0.25, 0.3) is 5.91 Å². The van der Waals surface area contributed by atoms with E-state index in [1.54, 1.807) is 13.0 Å². The van der Waals surface area contributed by atoms with Crippen LogP contribution in [0, 0.1) is 5.92 Å². The van der Waals surface area contributed by atoms with Crippen LogP contribution in [0.5, 0.6) is 11.8 Å². The van der Waals surface area contributed by atoms with Gasteiger partial charge in [0.15, 0.2) is 6.61 Å². The maximum Gasteiger partial charge on any atom is 0.422 e. The van der Waals surface area contributed by atoms with Crippen molar-refractivity contribution in [3.05, 3.63) is 47.3 Å². The van der Waals surface area contributed by atoms with Crippen molar-refractivity contribution in [3.63, 3.8) is 0 Å². The molecule has 0 saturated heterocycles. The molecule has 7 nitrogen and oxygen atoms in total. The van der Waals surface area contributed by atoms with Gasteiger partial charge in [0.1, 0.15) is 5.78 Å². The molecule has 1 saturated carbocycles. The molecule has 1 atom stereocenters. The molecular formula is C21H22F3N3O4. The Hall–Kier alpha value is -3.17. The first-order valence-electron chi connectivity index (χ1n) is 9.68. The van der Waals surface area contributed by atoms with Gasteiger partial charge in [0.05, 0.1) is 18.8 Å². The Labute approximate surface area is 177 Å². The number of Topliss-reactive ketones (excluding diaryl/α,β-unsaturated/α-hetero) is 1. The Bertz CT molecular complexity index is 944. The minimum Gasteiger partial charge on any atom is -0.481 e. The molecular weight excluding hydrogens is 415 g/mol. The van der Waals surface area contributed by atoms with Crippen LogP contribution in [-0.2, 0) is 11.2 Å². The highest BCUT2D eigenvalue weighted by Crippen LogP contribution is 2.31. The van der Waals surface area contributed by atoms with Gasteiger partial charge in [0.2, 0.25) is 11.8 Å². The van der Waals surface area contributed by atoms with E-state index in [1.807, 2.05) is 0 Å². The Morgan fingerprint density at radius 3 is 2.55 bits per heavy atom. The molecule has 1 unspecified atom stereocenters. The van der Waals surface area contributed by atoms with Crippen LogP contribution in [0.2, 0.25) is 0 Å². The molecule has 0 bridgehead atoms. The van der Waals surface area contributed by atoms with Gasteiger partial charge >= 0.3 is 6.18 Å². The number of halogens is 3. The van der Waals surface area contributed by atoms with E-state index in [4.69, 9.17) is 4.74 Å². The second kappa shape index (κ2) is 9.32. The van der Waals surface area contributed by atoms with Gasteiger partial charge in [-0.2, -0.15) is 13.2 Å². The molecule has 10 heteroatoms. The molecule has 166 valence electrons. The summed E-state index contributed by atoms with van der Waals surface area (Å²) in [5.74, 6) is -0.166. The molecule has 0 aliphatic heterocycles. The summed E-state index contributed by atoms with van der Waals surface area (Å²) in [5.41, 5.74) is 1.33. The van der Waals surface area contributed by atoms with Crippen LogP contribution in [0.25, 0.3) is 0 Å². The van der Waals surface area contributed by atoms with Crippen LogP contribution in [0.1, 0.15) is 47.4 Å². The Morgan fingerprint density at radius 1 is 1.23 bits per heavy atom. The summed E-state index contributed by atoms with van der Waals surface area (Å²) in [4.78, 5) is 32.9. The lowest BCUT2D eigenvalue weighted by Gasteiger charge is -2.15. The topological polar surface area (TPSA) is 90.4 Å². The lowest BCUT2D eigenvalue weighted by molar-refractivity contribution is -0.154. The number of aromatic nitrogens is 2. The fraction of sp³-hybridized carbons (Fsp3) is 0.429. The van der Waals surface area contributed by atoms with E-state index in [9.17, 15) is 22.8 Å². The number of pyridine rings is 2. The van der Waals surface area contributed by atoms with Gasteiger partial charge < -0.3 is 14.8 Å². The average molecular weight is 437 g/mol. The van der Waals surface area contributed by atoms with Crippen molar-refractivity contribution < 1.29 is 32.2 Å². The number of alkyl halides is 3. The lowest BCUT2D eigenvalue weighted by atomic mass is 10.1. The van der Waals surface area contributed by atoms with Crippen LogP contribution in [0.3, 0.4) is 0 Å². The first-order valence-corrected chi connectivity index (χ1v) is 9.68. The summed E-state index contributed by atoms with van der Waals surface area (Å²) in [5, 5.41) is 2.79. The third-order valence-corrected chi connectivity index (χ3v) is 4.70. The summed E-state index contributed by atoms with van der Waals surface area (Å²) in [7, 11) is 1.42. The minimum absolute atomic E-state index is 0.0842. The van der Waals surface area contributed by atoms with Gasteiger partial charge in [-0.05, 0) is 31.4 Å². The van der Waals surface area contributed by atoms with Crippen molar-refractivity contribution in [1.82, 2.24) is 15.3 Å². The van der Waals surface area contributed by atoms with Crippen LogP contribution in [-0.4, -0.2) is 41.6 Å². The van der Waals surface area contributed by atoms with Crippen molar-refractivity contribution in [2.75, 3.05) is 13.7 Å². The van der Waals surface area contributed by atoms with Gasteiger partial charge in [-0.15, -0.1) is 0 Å². The molecule has 1 fully saturated rings. The average Bonchev–Trinajstić information content (AvgIpc) is 3.57. The Morgan fingerprint density at radius 2 is 1.97 bits per heavy atom. The molecule has 0 spiro atoms. The second-order valence-corrected chi connectivity index (χ2v) is 7.34. The van der Waals surface area contributed by atoms with Crippen LogP contribution in [0.4, 0.5) is 13.2 Å². The smallest absolute Gasteiger partial charge is 0.422 e. The van der Waals surface area contributed by atoms with Gasteiger partial charge in [0, 0.05) is 36.2 Å². The molecule has 0 radical (unpaired) electrons. The first-order chi connectivity index (χ1) is 14.6. The quantitative estimate of drug-likeness (QED) is 0.646. The van der Waals surface area contributed by atoms with Gasteiger partial charge in [-0.3, -0.25) is 9.59 Å². The number of amides is 1. The number of ether oxygens (including phenoxy) is 2. The molecule has 1 aliphatic carbocycles. The van der Waals surface area contributed by atoms with Crippen molar-refractivity contribution in [2.24, 2.45) is 5.92 Å². The fourth-order valence-electron chi connectivity index (χ4n) is 2.87. The molecule has 1 N–H and O–H groups in total. The molecule has 1 amide bonds. The zero-order valence-corrected chi connectivity index (χ0v) is 17.0. The van der Waals surface area contributed by atoms with E-state index in [2.05, 4.69) is 20.0 Å². The number of nitrogens with zero attached hydrogens (tertiary/aromatic N) is 2. The van der Waals surface area contributed by atoms with Crippen molar-refractivity contribution in [2.45, 2.75) is 38.4 Å². The van der Waals surface area contributed by atoms with E-state index < -0.39 is 24.7 Å². The van der Waals surface area contributed by atoms with Gasteiger partial charge in [-0.25, -0.2) is 9.97 Å². The molecule has 2 aromatic rings. The van der Waals surface area contributed by atoms with E-state index in [0.29, 0.717) is 11.3 Å². The maximum absolute atomic E-state index is 12.7. The number of hydrogen-bond acceptors (Lipinski definition) is 6. The predicted octanol–water partition coefficient (Wildman–Crippen LogP) is 3.44. The van der Waals surface area contributed by atoms with Gasteiger partial charge in [-0.1, -0.05) is 6.07 Å². The van der Waals surface area contributed by atoms with E-state index in [0.717, 1.165) is 12.8 Å². The highest BCUT2D eigenvalue weighted by atomic mass is 19.4. The summed E-state index contributed by atoms with van der Waals surface area (Å²) < 4.78 is 46.4. The number of rotatable bonds is 9. The summed E-state index contributed by atoms with van der Waals surface area (Å²) >= 11 is 0. The largest absolute Gasteiger partial charge is 0.481 e. The van der Waals surface area contributed by atoms with Crippen molar-refractivity contribution in [3.8, 4) is 11.8 Å². The van der Waals surface area contributed by atoms with Crippen molar-refractivity contribution >= 4 is 11.7 Å². The van der Waals surface area contributed by atoms with Crippen LogP contribution >= 0.6 is 0 Å². The molecule has 0 aromatic carbocycles. The zero-order chi connectivity index (χ0) is 22.6. The highest BCUT2D eigenvalue weighted by Gasteiger charge is 2.30. The number of carbonyl (C=O) groups excluding carboxylic acids is 2. The fourth-order valence-corrected chi connectivity index (χ4v) is 2.87. The monoisotopic (exact) mass is 437 g/mol. The summed E-state index contributed by atoms with van der Waals surface area (Å²) in [6, 6.07) is 5.38. The third-order valence-electron chi connectivity index (χ3n) is 4.70. The van der Waals surface area contributed by atoms with Crippen LogP contribution in [0.15, 0.2) is 30.5 Å². The van der Waals surface area contributed by atoms with Crippen LogP contribution < -0.4 is 14.8 Å².